The fraction of sp³-hybridized carbons (Fsp3) is 0.500. The monoisotopic (exact) mass is 778 g/mol. The first-order chi connectivity index (χ1) is 25.9. The number of methoxy groups -OCH3 is 2. The third kappa shape index (κ3) is 8.28. The van der Waals surface area contributed by atoms with E-state index in [-0.39, 0.29) is 35.7 Å². The van der Waals surface area contributed by atoms with Gasteiger partial charge in [0, 0.05) is 46.2 Å². The molecule has 0 bridgehead atoms. The summed E-state index contributed by atoms with van der Waals surface area (Å²) in [5, 5.41) is 8.73. The molecule has 54 heavy (non-hydrogen) atoms. The van der Waals surface area contributed by atoms with Gasteiger partial charge in [0.05, 0.1) is 41.9 Å². The fourth-order valence-corrected chi connectivity index (χ4v) is 9.56. The molecule has 0 spiro atoms. The summed E-state index contributed by atoms with van der Waals surface area (Å²) in [4.78, 5) is 64.9. The number of benzene rings is 1. The zero-order valence-electron chi connectivity index (χ0n) is 31.6. The summed E-state index contributed by atoms with van der Waals surface area (Å²) in [6.07, 6.45) is 3.97. The number of thiophene rings is 2. The van der Waals surface area contributed by atoms with Crippen molar-refractivity contribution in [2.45, 2.75) is 77.5 Å². The third-order valence-corrected chi connectivity index (χ3v) is 12.6. The normalized spacial score (nSPS) is 18.8. The molecule has 14 nitrogen and oxygen atoms in total. The second kappa shape index (κ2) is 16.7. The van der Waals surface area contributed by atoms with Gasteiger partial charge in [0.25, 0.3) is 0 Å². The number of imidazole rings is 1. The summed E-state index contributed by atoms with van der Waals surface area (Å²) in [7, 11) is 2.58. The Hall–Kier alpha value is -4.83. The molecule has 2 aliphatic heterocycles. The molecule has 6 rings (SSSR count). The van der Waals surface area contributed by atoms with E-state index in [0.29, 0.717) is 25.3 Å². The van der Waals surface area contributed by atoms with Gasteiger partial charge in [0.2, 0.25) is 11.8 Å². The van der Waals surface area contributed by atoms with Crippen LogP contribution in [0.25, 0.3) is 36.6 Å². The average Bonchev–Trinajstić information content (AvgIpc) is 3.99. The van der Waals surface area contributed by atoms with Crippen LogP contribution in [-0.2, 0) is 19.1 Å². The van der Waals surface area contributed by atoms with E-state index in [0.717, 1.165) is 67.3 Å². The lowest BCUT2D eigenvalue weighted by Gasteiger charge is -2.30. The van der Waals surface area contributed by atoms with Crippen LogP contribution in [0.3, 0.4) is 0 Å². The van der Waals surface area contributed by atoms with Crippen LogP contribution in [0, 0.1) is 11.8 Å². The highest BCUT2D eigenvalue weighted by Gasteiger charge is 2.38. The third-order valence-electron chi connectivity index (χ3n) is 10.2. The topological polar surface area (TPSA) is 184 Å². The average molecular weight is 779 g/mol. The van der Waals surface area contributed by atoms with Gasteiger partial charge in [-0.2, -0.15) is 0 Å². The molecule has 16 heteroatoms. The number of H-pyrrole nitrogens is 1. The van der Waals surface area contributed by atoms with E-state index >= 15 is 0 Å². The number of likely N-dealkylation sites (tertiary alicyclic amines) is 2. The number of alkyl carbamates (subject to hydrolysis) is 2. The number of rotatable bonds is 12. The predicted molar refractivity (Wildman–Crippen MR) is 212 cm³/mol. The Labute approximate surface area is 322 Å². The lowest BCUT2D eigenvalue weighted by Crippen LogP contribution is -2.53. The van der Waals surface area contributed by atoms with Crippen molar-refractivity contribution < 1.29 is 28.7 Å². The lowest BCUT2D eigenvalue weighted by atomic mass is 10.0. The van der Waals surface area contributed by atoms with E-state index in [2.05, 4.69) is 45.2 Å². The quantitative estimate of drug-likeness (QED) is 0.119. The summed E-state index contributed by atoms with van der Waals surface area (Å²) in [6.45, 7) is 9.41. The minimum Gasteiger partial charge on any atom is -0.453 e. The van der Waals surface area contributed by atoms with Gasteiger partial charge in [-0.1, -0.05) is 33.8 Å². The number of carbonyl (C=O) groups excluding carboxylic acids is 4. The Bertz CT molecular complexity index is 2000. The summed E-state index contributed by atoms with van der Waals surface area (Å²) in [6, 6.07) is 8.91. The number of nitrogens with zero attached hydrogens (tertiary/aromatic N) is 3. The van der Waals surface area contributed by atoms with Crippen molar-refractivity contribution in [3.63, 3.8) is 0 Å². The number of aromatic nitrogens is 2. The standard InChI is InChI=1S/C38H50N8O6S2/c1-20(2)32(43-37(49)51-5)35(47)45-13-7-9-23(45)18-40-19-24(39)29-17-31-30(54-29)16-28(53-31)22-11-12-25-26(15-22)42-34(41-25)27-10-8-14-46(27)36(48)33(21(3)4)44-38(50)52-6/h11-12,15-17,19-21,23,27,32-33,40H,7-10,13-14,18,39H2,1-6H3,(H,41,42)(H,43,49)(H,44,50)/b24-19-/t23-,27?,32-,33-/m1/s1. The maximum absolute atomic E-state index is 13.6. The number of aromatic amines is 1. The first-order valence-electron chi connectivity index (χ1n) is 18.4. The smallest absolute Gasteiger partial charge is 0.407 e. The minimum absolute atomic E-state index is 0.00766. The van der Waals surface area contributed by atoms with E-state index in [1.165, 1.54) is 14.2 Å². The van der Waals surface area contributed by atoms with Crippen LogP contribution >= 0.6 is 22.7 Å². The first kappa shape index (κ1) is 38.9. The van der Waals surface area contributed by atoms with E-state index in [1.54, 1.807) is 22.7 Å². The van der Waals surface area contributed by atoms with Crippen molar-refractivity contribution in [1.82, 2.24) is 35.7 Å². The van der Waals surface area contributed by atoms with Gasteiger partial charge < -0.3 is 45.9 Å². The fourth-order valence-electron chi connectivity index (χ4n) is 7.24. The Kier molecular flexibility index (Phi) is 12.0. The number of carbonyl (C=O) groups is 4. The van der Waals surface area contributed by atoms with Gasteiger partial charge >= 0.3 is 12.2 Å². The maximum Gasteiger partial charge on any atom is 0.407 e. The molecule has 2 aliphatic rings. The van der Waals surface area contributed by atoms with E-state index in [4.69, 9.17) is 20.2 Å². The SMILES string of the molecule is COC(=O)N[C@@H](C(=O)N1CCCC1c1nc2cc(-c3cc4sc(/C(N)=C/NC[C@H]5CCCN5C(=O)[C@H](NC(=O)OC)C(C)C)cc4s3)ccc2[nH]1)C(C)C. The Balaban J connectivity index is 1.10. The molecule has 3 aromatic heterocycles. The minimum atomic E-state index is -0.689. The summed E-state index contributed by atoms with van der Waals surface area (Å²) >= 11 is 3.32. The van der Waals surface area contributed by atoms with Crippen molar-refractivity contribution in [1.29, 1.82) is 0 Å². The molecule has 2 fully saturated rings. The van der Waals surface area contributed by atoms with Crippen LogP contribution in [0.5, 0.6) is 0 Å². The van der Waals surface area contributed by atoms with Crippen molar-refractivity contribution >= 4 is 72.8 Å². The predicted octanol–water partition coefficient (Wildman–Crippen LogP) is 5.77. The van der Waals surface area contributed by atoms with Crippen molar-refractivity contribution in [2.24, 2.45) is 17.6 Å². The molecule has 0 saturated carbocycles. The molecule has 6 N–H and O–H groups in total. The molecule has 1 unspecified atom stereocenters. The molecule has 4 aromatic rings. The van der Waals surface area contributed by atoms with Crippen molar-refractivity contribution in [3.8, 4) is 10.4 Å². The van der Waals surface area contributed by atoms with E-state index in [1.807, 2.05) is 49.8 Å². The highest BCUT2D eigenvalue weighted by molar-refractivity contribution is 7.30. The van der Waals surface area contributed by atoms with Crippen LogP contribution in [0.1, 0.15) is 70.1 Å². The van der Waals surface area contributed by atoms with Gasteiger partial charge in [-0.15, -0.1) is 22.7 Å². The number of nitrogens with two attached hydrogens (primary N) is 1. The van der Waals surface area contributed by atoms with Crippen molar-refractivity contribution in [3.05, 3.63) is 47.2 Å². The highest BCUT2D eigenvalue weighted by atomic mass is 32.1. The van der Waals surface area contributed by atoms with Gasteiger partial charge in [-0.05, 0) is 67.3 Å². The summed E-state index contributed by atoms with van der Waals surface area (Å²) < 4.78 is 11.8. The second-order valence-electron chi connectivity index (χ2n) is 14.5. The largest absolute Gasteiger partial charge is 0.453 e. The molecule has 1 aromatic carbocycles. The summed E-state index contributed by atoms with van der Waals surface area (Å²) in [5.74, 6) is 0.318. The van der Waals surface area contributed by atoms with Gasteiger partial charge in [-0.3, -0.25) is 9.59 Å². The Morgan fingerprint density at radius 1 is 0.907 bits per heavy atom. The van der Waals surface area contributed by atoms with Gasteiger partial charge in [0.15, 0.2) is 0 Å². The molecule has 4 amide bonds. The maximum atomic E-state index is 13.6. The highest BCUT2D eigenvalue weighted by Crippen LogP contribution is 2.40. The number of hydrogen-bond acceptors (Lipinski definition) is 11. The molecular weight excluding hydrogens is 729 g/mol. The lowest BCUT2D eigenvalue weighted by molar-refractivity contribution is -0.136. The molecule has 290 valence electrons. The van der Waals surface area contributed by atoms with Crippen LogP contribution in [0.15, 0.2) is 36.5 Å². The second-order valence-corrected chi connectivity index (χ2v) is 16.7. The molecule has 5 heterocycles. The number of amides is 4. The van der Waals surface area contributed by atoms with Gasteiger partial charge in [-0.25, -0.2) is 14.6 Å². The number of fused-ring (bicyclic) bond motifs is 2. The van der Waals surface area contributed by atoms with Crippen LogP contribution in [-0.4, -0.2) is 95.7 Å². The molecule has 4 atom stereocenters. The molecule has 0 radical (unpaired) electrons. The van der Waals surface area contributed by atoms with Crippen LogP contribution < -0.4 is 21.7 Å². The van der Waals surface area contributed by atoms with Gasteiger partial charge in [0.1, 0.15) is 17.9 Å². The van der Waals surface area contributed by atoms with Crippen LogP contribution in [0.2, 0.25) is 0 Å². The Morgan fingerprint density at radius 3 is 2.19 bits per heavy atom. The zero-order valence-corrected chi connectivity index (χ0v) is 33.2. The Morgan fingerprint density at radius 2 is 1.54 bits per heavy atom. The van der Waals surface area contributed by atoms with Crippen LogP contribution in [0.4, 0.5) is 9.59 Å². The van der Waals surface area contributed by atoms with E-state index in [9.17, 15) is 19.2 Å². The molecule has 0 aliphatic carbocycles. The number of hydrogen-bond donors (Lipinski definition) is 5. The molecular formula is C38H50N8O6S2. The van der Waals surface area contributed by atoms with E-state index < -0.39 is 24.3 Å². The van der Waals surface area contributed by atoms with Crippen molar-refractivity contribution in [2.75, 3.05) is 33.9 Å². The summed E-state index contributed by atoms with van der Waals surface area (Å²) in [5.41, 5.74) is 9.92. The zero-order chi connectivity index (χ0) is 38.7. The first-order valence-corrected chi connectivity index (χ1v) is 20.0. The number of nitrogens with one attached hydrogen (secondary N) is 4. The number of ether oxygens (including phenoxy) is 2. The molecule has 2 saturated heterocycles.